The van der Waals surface area contributed by atoms with E-state index < -0.39 is 47.9 Å². The molecule has 0 unspecified atom stereocenters. The molecule has 50 heavy (non-hydrogen) atoms. The first-order chi connectivity index (χ1) is 23.4. The van der Waals surface area contributed by atoms with E-state index in [-0.39, 0.29) is 17.8 Å². The van der Waals surface area contributed by atoms with Crippen LogP contribution in [0.3, 0.4) is 0 Å². The van der Waals surface area contributed by atoms with Gasteiger partial charge in [-0.1, -0.05) is 94.6 Å². The topological polar surface area (TPSA) is 140 Å². The zero-order chi connectivity index (χ0) is 38.4. The number of carbonyl (C=O) groups excluding carboxylic acids is 4. The van der Waals surface area contributed by atoms with Crippen LogP contribution in [0.1, 0.15) is 121 Å². The van der Waals surface area contributed by atoms with Crippen LogP contribution in [-0.2, 0) is 23.9 Å². The Morgan fingerprint density at radius 1 is 0.660 bits per heavy atom. The number of hydrogen-bond donors (Lipinski definition) is 4. The number of amides is 3. The van der Waals surface area contributed by atoms with E-state index in [9.17, 15) is 19.2 Å². The Morgan fingerprint density at radius 3 is 1.50 bits per heavy atom. The molecule has 0 rings (SSSR count). The molecule has 5 N–H and O–H groups in total. The molecule has 0 spiro atoms. The second kappa shape index (κ2) is 26.0. The van der Waals surface area contributed by atoms with E-state index in [1.54, 1.807) is 25.6 Å². The minimum Gasteiger partial charge on any atom is -0.467 e. The molecule has 3 amide bonds. The lowest BCUT2D eigenvalue weighted by atomic mass is 9.96. The van der Waals surface area contributed by atoms with E-state index in [1.165, 1.54) is 29.4 Å². The summed E-state index contributed by atoms with van der Waals surface area (Å²) in [7, 11) is 1.28. The Balaban J connectivity index is 4.93. The van der Waals surface area contributed by atoms with Gasteiger partial charge in [0.25, 0.3) is 0 Å². The average molecular weight is 719 g/mol. The summed E-state index contributed by atoms with van der Waals surface area (Å²) in [5.74, 6) is -1.44. The number of nitrogens with one attached hydrogen (secondary N) is 3. The number of esters is 1. The number of rotatable bonds is 24. The van der Waals surface area contributed by atoms with Crippen LogP contribution in [-0.4, -0.2) is 66.5 Å². The monoisotopic (exact) mass is 719 g/mol. The third kappa shape index (κ3) is 20.1. The third-order valence-electron chi connectivity index (χ3n) is 8.80. The standard InChI is InChI=1S/C40H70N4O5S/c1-13-32(11)36(40(48)49-12)44-39(47)35(28(6)7)43-38(46)34(27(4)5)42-37(45)33(41)25-50-24-23-31(10)22-16-21-30(9)20-15-19-29(8)18-14-17-26(2)3/h17,19,21,23,27-28,32-36H,13-16,18,20,22,24-25,41H2,1-12H3,(H,42,45)(H,43,46)(H,44,47)/b29-19+,30-21+,31-23+/t32-,33-,34-,35-,36-/m0/s1. The highest BCUT2D eigenvalue weighted by molar-refractivity contribution is 7.99. The van der Waals surface area contributed by atoms with Crippen molar-refractivity contribution >= 4 is 35.5 Å². The predicted octanol–water partition coefficient (Wildman–Crippen LogP) is 7.18. The lowest BCUT2D eigenvalue weighted by Gasteiger charge is -2.29. The van der Waals surface area contributed by atoms with Crippen molar-refractivity contribution < 1.29 is 23.9 Å². The van der Waals surface area contributed by atoms with Crippen molar-refractivity contribution in [1.82, 2.24) is 16.0 Å². The van der Waals surface area contributed by atoms with E-state index in [4.69, 9.17) is 10.5 Å². The van der Waals surface area contributed by atoms with Crippen LogP contribution in [0.25, 0.3) is 0 Å². The zero-order valence-electron chi connectivity index (χ0n) is 33.2. The molecule has 0 saturated heterocycles. The molecule has 0 aromatic rings. The second-order valence-electron chi connectivity index (χ2n) is 14.5. The molecule has 0 fully saturated rings. The van der Waals surface area contributed by atoms with Gasteiger partial charge in [0.2, 0.25) is 17.7 Å². The minimum absolute atomic E-state index is 0.155. The molecular weight excluding hydrogens is 649 g/mol. The largest absolute Gasteiger partial charge is 0.467 e. The van der Waals surface area contributed by atoms with Crippen LogP contribution in [0.5, 0.6) is 0 Å². The van der Waals surface area contributed by atoms with Crippen LogP contribution in [0.2, 0.25) is 0 Å². The van der Waals surface area contributed by atoms with Crippen LogP contribution >= 0.6 is 11.8 Å². The average Bonchev–Trinajstić information content (AvgIpc) is 3.05. The van der Waals surface area contributed by atoms with Gasteiger partial charge in [-0.2, -0.15) is 11.8 Å². The van der Waals surface area contributed by atoms with Gasteiger partial charge in [0.05, 0.1) is 13.2 Å². The molecule has 0 bridgehead atoms. The van der Waals surface area contributed by atoms with Gasteiger partial charge in [0.1, 0.15) is 18.1 Å². The van der Waals surface area contributed by atoms with Crippen molar-refractivity contribution in [2.45, 2.75) is 145 Å². The van der Waals surface area contributed by atoms with Gasteiger partial charge in [-0.3, -0.25) is 14.4 Å². The molecule has 0 aliphatic rings. The molecule has 0 heterocycles. The first kappa shape index (κ1) is 47.1. The van der Waals surface area contributed by atoms with Crippen LogP contribution < -0.4 is 21.7 Å². The molecule has 0 saturated carbocycles. The lowest BCUT2D eigenvalue weighted by Crippen LogP contribution is -2.60. The van der Waals surface area contributed by atoms with E-state index in [2.05, 4.69) is 74.9 Å². The van der Waals surface area contributed by atoms with Crippen LogP contribution in [0, 0.1) is 17.8 Å². The Labute approximate surface area is 308 Å². The number of hydrogen-bond acceptors (Lipinski definition) is 7. The van der Waals surface area contributed by atoms with Crippen molar-refractivity contribution in [2.24, 2.45) is 23.5 Å². The molecule has 0 aliphatic carbocycles. The van der Waals surface area contributed by atoms with Crippen molar-refractivity contribution in [2.75, 3.05) is 18.6 Å². The van der Waals surface area contributed by atoms with Crippen molar-refractivity contribution in [3.05, 3.63) is 46.6 Å². The summed E-state index contributed by atoms with van der Waals surface area (Å²) >= 11 is 1.58. The van der Waals surface area contributed by atoms with Crippen LogP contribution in [0.15, 0.2) is 46.6 Å². The maximum Gasteiger partial charge on any atom is 0.328 e. The van der Waals surface area contributed by atoms with Gasteiger partial charge < -0.3 is 26.4 Å². The summed E-state index contributed by atoms with van der Waals surface area (Å²) in [4.78, 5) is 51.9. The van der Waals surface area contributed by atoms with Crippen molar-refractivity contribution in [3.8, 4) is 0 Å². The van der Waals surface area contributed by atoms with Crippen molar-refractivity contribution in [3.63, 3.8) is 0 Å². The number of ether oxygens (including phenoxy) is 1. The highest BCUT2D eigenvalue weighted by Gasteiger charge is 2.34. The lowest BCUT2D eigenvalue weighted by molar-refractivity contribution is -0.147. The Bertz CT molecular complexity index is 1190. The number of nitrogens with two attached hydrogens (primary N) is 1. The Morgan fingerprint density at radius 2 is 1.08 bits per heavy atom. The SMILES string of the molecule is CC[C@H](C)[C@H](NC(=O)[C@@H](NC(=O)[C@@H](NC(=O)[C@@H](N)CSC/C=C(\C)CC/C=C(\C)CC/C=C(\C)CCC=C(C)C)C(C)C)C(C)C)C(=O)OC. The van der Waals surface area contributed by atoms with Crippen LogP contribution in [0.4, 0.5) is 0 Å². The molecule has 0 aliphatic heterocycles. The highest BCUT2D eigenvalue weighted by Crippen LogP contribution is 2.15. The molecular formula is C40H70N4O5S. The van der Waals surface area contributed by atoms with E-state index in [0.29, 0.717) is 12.2 Å². The second-order valence-corrected chi connectivity index (χ2v) is 15.6. The first-order valence-electron chi connectivity index (χ1n) is 18.4. The number of thioether (sulfide) groups is 1. The Hall–Kier alpha value is -2.85. The quantitative estimate of drug-likeness (QED) is 0.0471. The summed E-state index contributed by atoms with van der Waals surface area (Å²) < 4.78 is 4.88. The molecule has 10 heteroatoms. The first-order valence-corrected chi connectivity index (χ1v) is 19.5. The molecule has 0 aromatic carbocycles. The van der Waals surface area contributed by atoms with Crippen molar-refractivity contribution in [1.29, 1.82) is 0 Å². The van der Waals surface area contributed by atoms with Gasteiger partial charge >= 0.3 is 5.97 Å². The highest BCUT2D eigenvalue weighted by atomic mass is 32.2. The summed E-state index contributed by atoms with van der Waals surface area (Å²) in [5.41, 5.74) is 11.8. The normalized spacial score (nSPS) is 15.5. The van der Waals surface area contributed by atoms with E-state index in [0.717, 1.165) is 44.3 Å². The smallest absolute Gasteiger partial charge is 0.328 e. The molecule has 5 atom stereocenters. The molecule has 286 valence electrons. The van der Waals surface area contributed by atoms with E-state index in [1.807, 2.05) is 27.7 Å². The summed E-state index contributed by atoms with van der Waals surface area (Å²) in [6.07, 6.45) is 16.2. The fraction of sp³-hybridized carbons (Fsp3) is 0.700. The summed E-state index contributed by atoms with van der Waals surface area (Å²) in [5, 5.41) is 8.34. The van der Waals surface area contributed by atoms with Gasteiger partial charge in [-0.25, -0.2) is 4.79 Å². The summed E-state index contributed by atoms with van der Waals surface area (Å²) in [6, 6.07) is -3.42. The maximum absolute atomic E-state index is 13.4. The number of methoxy groups -OCH3 is 1. The predicted molar refractivity (Wildman–Crippen MR) is 211 cm³/mol. The fourth-order valence-electron chi connectivity index (χ4n) is 5.07. The third-order valence-corrected chi connectivity index (χ3v) is 9.79. The maximum atomic E-state index is 13.4. The number of allylic oxidation sites excluding steroid dienone is 7. The number of carbonyl (C=O) groups is 4. The molecule has 9 nitrogen and oxygen atoms in total. The van der Waals surface area contributed by atoms with Gasteiger partial charge in [-0.15, -0.1) is 0 Å². The fourth-order valence-corrected chi connectivity index (χ4v) is 6.02. The Kier molecular flexibility index (Phi) is 24.5. The van der Waals surface area contributed by atoms with Gasteiger partial charge in [-0.05, 0) is 90.9 Å². The van der Waals surface area contributed by atoms with E-state index >= 15 is 0 Å². The summed E-state index contributed by atoms with van der Waals surface area (Å²) in [6.45, 7) is 21.9. The zero-order valence-corrected chi connectivity index (χ0v) is 34.1. The molecule has 0 radical (unpaired) electrons. The van der Waals surface area contributed by atoms with Gasteiger partial charge in [0, 0.05) is 11.5 Å². The van der Waals surface area contributed by atoms with Gasteiger partial charge in [0.15, 0.2) is 0 Å². The minimum atomic E-state index is -0.912. The molecule has 0 aromatic heterocycles.